The highest BCUT2D eigenvalue weighted by molar-refractivity contribution is 5.78. The Morgan fingerprint density at radius 2 is 1.10 bits per heavy atom. The van der Waals surface area contributed by atoms with E-state index in [0.29, 0.717) is 11.5 Å². The summed E-state index contributed by atoms with van der Waals surface area (Å²) >= 11 is 0. The molecule has 0 radical (unpaired) electrons. The fourth-order valence-corrected chi connectivity index (χ4v) is 3.34. The number of hydrogen-bond donors (Lipinski definition) is 0. The van der Waals surface area contributed by atoms with Gasteiger partial charge in [-0.05, 0) is 51.0 Å². The van der Waals surface area contributed by atoms with Gasteiger partial charge in [-0.25, -0.2) is 0 Å². The lowest BCUT2D eigenvalue weighted by Crippen LogP contribution is -2.27. The molecule has 0 fully saturated rings. The van der Waals surface area contributed by atoms with E-state index >= 15 is 0 Å². The van der Waals surface area contributed by atoms with Crippen LogP contribution in [0.15, 0.2) is 24.3 Å². The zero-order valence-electron chi connectivity index (χ0n) is 19.2. The Kier molecular flexibility index (Phi) is 8.62. The minimum absolute atomic E-state index is 0.0674. The van der Waals surface area contributed by atoms with Gasteiger partial charge >= 0.3 is 0 Å². The van der Waals surface area contributed by atoms with E-state index in [-0.39, 0.29) is 19.6 Å². The van der Waals surface area contributed by atoms with E-state index in [4.69, 9.17) is 28.4 Å². The second kappa shape index (κ2) is 10.9. The Labute approximate surface area is 179 Å². The summed E-state index contributed by atoms with van der Waals surface area (Å²) in [5.41, 5.74) is 3.56. The van der Waals surface area contributed by atoms with Crippen LogP contribution >= 0.6 is 0 Å². The van der Waals surface area contributed by atoms with Crippen LogP contribution in [0.4, 0.5) is 11.4 Å². The van der Waals surface area contributed by atoms with Gasteiger partial charge < -0.3 is 33.3 Å². The highest BCUT2D eigenvalue weighted by Crippen LogP contribution is 2.46. The quantitative estimate of drug-likeness (QED) is 0.483. The van der Waals surface area contributed by atoms with Crippen molar-refractivity contribution in [2.75, 3.05) is 46.9 Å². The van der Waals surface area contributed by atoms with Crippen LogP contribution in [0, 0.1) is 13.8 Å². The van der Waals surface area contributed by atoms with Crippen molar-refractivity contribution in [1.82, 2.24) is 0 Å². The van der Waals surface area contributed by atoms with E-state index in [9.17, 15) is 0 Å². The Morgan fingerprint density at radius 3 is 1.40 bits per heavy atom. The summed E-state index contributed by atoms with van der Waals surface area (Å²) in [4.78, 5) is 2.14. The minimum atomic E-state index is 0.0674. The van der Waals surface area contributed by atoms with Crippen molar-refractivity contribution in [2.45, 2.75) is 33.7 Å². The molecular formula is C23H33NO6. The van der Waals surface area contributed by atoms with Crippen molar-refractivity contribution >= 4 is 11.4 Å². The smallest absolute Gasteiger partial charge is 0.188 e. The third kappa shape index (κ3) is 5.29. The van der Waals surface area contributed by atoms with Crippen LogP contribution in [0.5, 0.6) is 23.0 Å². The molecule has 0 amide bonds. The van der Waals surface area contributed by atoms with E-state index in [2.05, 4.69) is 18.7 Å². The number of anilines is 2. The predicted molar refractivity (Wildman–Crippen MR) is 118 cm³/mol. The van der Waals surface area contributed by atoms with Gasteiger partial charge in [0.1, 0.15) is 23.0 Å². The standard InChI is InChI=1S/C23H33NO6/c1-15(2)24(20-11-18(27-7)9-16(3)22(20)29-13-25-5)21-12-19(28-8)10-17(4)23(21)30-14-26-6/h9-12,15H,13-14H2,1-8H3. The van der Waals surface area contributed by atoms with E-state index in [1.165, 1.54) is 0 Å². The van der Waals surface area contributed by atoms with Crippen LogP contribution < -0.4 is 23.8 Å². The van der Waals surface area contributed by atoms with E-state index < -0.39 is 0 Å². The van der Waals surface area contributed by atoms with Crippen molar-refractivity contribution in [2.24, 2.45) is 0 Å². The first kappa shape index (κ1) is 23.6. The molecule has 7 heteroatoms. The summed E-state index contributed by atoms with van der Waals surface area (Å²) < 4.78 is 33.3. The molecule has 166 valence electrons. The summed E-state index contributed by atoms with van der Waals surface area (Å²) in [5.74, 6) is 2.89. The zero-order chi connectivity index (χ0) is 22.3. The molecule has 0 atom stereocenters. The van der Waals surface area contributed by atoms with Crippen molar-refractivity contribution in [3.63, 3.8) is 0 Å². The maximum absolute atomic E-state index is 5.96. The van der Waals surface area contributed by atoms with Crippen molar-refractivity contribution in [1.29, 1.82) is 0 Å². The van der Waals surface area contributed by atoms with Crippen molar-refractivity contribution < 1.29 is 28.4 Å². The molecular weight excluding hydrogens is 386 g/mol. The molecule has 0 spiro atoms. The first-order valence-corrected chi connectivity index (χ1v) is 9.77. The number of nitrogens with zero attached hydrogens (tertiary/aromatic N) is 1. The van der Waals surface area contributed by atoms with E-state index in [1.54, 1.807) is 28.4 Å². The zero-order valence-corrected chi connectivity index (χ0v) is 19.2. The molecule has 0 aromatic heterocycles. The molecule has 0 aliphatic carbocycles. The van der Waals surface area contributed by atoms with Gasteiger partial charge in [-0.1, -0.05) is 0 Å². The third-order valence-electron chi connectivity index (χ3n) is 4.61. The SMILES string of the molecule is COCOc1c(C)cc(OC)cc1N(c1cc(OC)cc(C)c1OCOC)C(C)C. The highest BCUT2D eigenvalue weighted by Gasteiger charge is 2.25. The molecule has 2 aromatic rings. The number of hydrogen-bond acceptors (Lipinski definition) is 7. The molecule has 2 aromatic carbocycles. The number of benzene rings is 2. The lowest BCUT2D eigenvalue weighted by Gasteiger charge is -2.33. The number of aryl methyl sites for hydroxylation is 2. The lowest BCUT2D eigenvalue weighted by atomic mass is 10.1. The predicted octanol–water partition coefficient (Wildman–Crippen LogP) is 4.83. The van der Waals surface area contributed by atoms with Crippen LogP contribution in [0.2, 0.25) is 0 Å². The van der Waals surface area contributed by atoms with Crippen LogP contribution in [-0.2, 0) is 9.47 Å². The van der Waals surface area contributed by atoms with Crippen LogP contribution in [-0.4, -0.2) is 48.1 Å². The van der Waals surface area contributed by atoms with Crippen LogP contribution in [0.1, 0.15) is 25.0 Å². The second-order valence-corrected chi connectivity index (χ2v) is 7.15. The number of methoxy groups -OCH3 is 4. The van der Waals surface area contributed by atoms with Crippen molar-refractivity contribution in [3.05, 3.63) is 35.4 Å². The summed E-state index contributed by atoms with van der Waals surface area (Å²) in [5, 5.41) is 0. The number of ether oxygens (including phenoxy) is 6. The summed E-state index contributed by atoms with van der Waals surface area (Å²) in [7, 11) is 6.50. The molecule has 0 N–H and O–H groups in total. The first-order chi connectivity index (χ1) is 14.4. The lowest BCUT2D eigenvalue weighted by molar-refractivity contribution is 0.0504. The summed E-state index contributed by atoms with van der Waals surface area (Å²) in [6.45, 7) is 8.43. The van der Waals surface area contributed by atoms with E-state index in [0.717, 1.165) is 34.0 Å². The van der Waals surface area contributed by atoms with Crippen LogP contribution in [0.25, 0.3) is 0 Å². The fourth-order valence-electron chi connectivity index (χ4n) is 3.34. The molecule has 0 aliphatic rings. The average molecular weight is 420 g/mol. The molecule has 2 rings (SSSR count). The largest absolute Gasteiger partial charge is 0.497 e. The molecule has 0 heterocycles. The molecule has 7 nitrogen and oxygen atoms in total. The Hall–Kier alpha value is -2.64. The Bertz CT molecular complexity index is 771. The molecule has 0 aliphatic heterocycles. The fraction of sp³-hybridized carbons (Fsp3) is 0.478. The monoisotopic (exact) mass is 419 g/mol. The molecule has 0 unspecified atom stereocenters. The van der Waals surface area contributed by atoms with Gasteiger partial charge in [0.15, 0.2) is 13.6 Å². The van der Waals surface area contributed by atoms with Gasteiger partial charge in [0, 0.05) is 32.4 Å². The molecule has 0 bridgehead atoms. The van der Waals surface area contributed by atoms with Crippen LogP contribution in [0.3, 0.4) is 0 Å². The molecule has 30 heavy (non-hydrogen) atoms. The average Bonchev–Trinajstić information content (AvgIpc) is 2.71. The molecule has 0 saturated carbocycles. The normalized spacial score (nSPS) is 10.8. The topological polar surface area (TPSA) is 58.6 Å². The minimum Gasteiger partial charge on any atom is -0.497 e. The summed E-state index contributed by atoms with van der Waals surface area (Å²) in [6.07, 6.45) is 0. The van der Waals surface area contributed by atoms with Gasteiger partial charge in [0.05, 0.1) is 25.6 Å². The second-order valence-electron chi connectivity index (χ2n) is 7.15. The van der Waals surface area contributed by atoms with E-state index in [1.807, 2.05) is 38.1 Å². The third-order valence-corrected chi connectivity index (χ3v) is 4.61. The van der Waals surface area contributed by atoms with Gasteiger partial charge in [-0.15, -0.1) is 0 Å². The van der Waals surface area contributed by atoms with Gasteiger partial charge in [-0.2, -0.15) is 0 Å². The molecule has 0 saturated heterocycles. The summed E-state index contributed by atoms with van der Waals surface area (Å²) in [6, 6.07) is 7.84. The van der Waals surface area contributed by atoms with Gasteiger partial charge in [0.2, 0.25) is 0 Å². The van der Waals surface area contributed by atoms with Gasteiger partial charge in [0.25, 0.3) is 0 Å². The highest BCUT2D eigenvalue weighted by atomic mass is 16.7. The maximum Gasteiger partial charge on any atom is 0.188 e. The van der Waals surface area contributed by atoms with Gasteiger partial charge in [-0.3, -0.25) is 0 Å². The first-order valence-electron chi connectivity index (χ1n) is 9.77. The van der Waals surface area contributed by atoms with Crippen molar-refractivity contribution in [3.8, 4) is 23.0 Å². The number of rotatable bonds is 11. The Balaban J connectivity index is 2.76. The maximum atomic E-state index is 5.96. The Morgan fingerprint density at radius 1 is 0.700 bits per heavy atom.